The van der Waals surface area contributed by atoms with Crippen LogP contribution in [0.5, 0.6) is 0 Å². The third-order valence-electron chi connectivity index (χ3n) is 11.6. The van der Waals surface area contributed by atoms with Crippen molar-refractivity contribution in [1.29, 1.82) is 0 Å². The van der Waals surface area contributed by atoms with E-state index in [0.29, 0.717) is 24.3 Å². The van der Waals surface area contributed by atoms with Crippen LogP contribution in [0.15, 0.2) is 194 Å². The van der Waals surface area contributed by atoms with Gasteiger partial charge in [-0.2, -0.15) is 0 Å². The van der Waals surface area contributed by atoms with Crippen LogP contribution in [0, 0.1) is 0 Å². The number of ether oxygens (including phenoxy) is 7. The van der Waals surface area contributed by atoms with E-state index in [9.17, 15) is 9.59 Å². The fourth-order valence-electron chi connectivity index (χ4n) is 8.21. The largest absolute Gasteiger partial charge is 0.453 e. The number of nitrogens with one attached hydrogen (secondary N) is 1. The first kappa shape index (κ1) is 45.3. The maximum absolute atomic E-state index is 14.0. The first-order valence-electron chi connectivity index (χ1n) is 22.2. The van der Waals surface area contributed by atoms with Crippen LogP contribution in [-0.4, -0.2) is 73.9 Å². The number of hydrogen-bond acceptors (Lipinski definition) is 10. The van der Waals surface area contributed by atoms with E-state index < -0.39 is 60.6 Å². The van der Waals surface area contributed by atoms with Gasteiger partial charge in [-0.3, -0.25) is 5.32 Å². The fraction of sp³-hybridized carbons (Fsp3) is 0.273. The molecule has 8 atom stereocenters. The smallest absolute Gasteiger partial charge is 0.338 e. The van der Waals surface area contributed by atoms with Gasteiger partial charge < -0.3 is 33.2 Å². The molecule has 0 radical (unpaired) electrons. The minimum absolute atomic E-state index is 0.00981. The highest BCUT2D eigenvalue weighted by Gasteiger charge is 2.49. The summed E-state index contributed by atoms with van der Waals surface area (Å²) in [6.45, 7) is 3.40. The van der Waals surface area contributed by atoms with E-state index in [1.165, 1.54) is 0 Å². The predicted octanol–water partition coefficient (Wildman–Crippen LogP) is 9.10. The zero-order valence-corrected chi connectivity index (χ0v) is 36.4. The highest BCUT2D eigenvalue weighted by molar-refractivity contribution is 5.90. The van der Waals surface area contributed by atoms with E-state index in [1.807, 2.05) is 140 Å². The molecule has 0 spiro atoms. The number of carbonyl (C=O) groups is 2. The van der Waals surface area contributed by atoms with Gasteiger partial charge in [0.25, 0.3) is 0 Å². The summed E-state index contributed by atoms with van der Waals surface area (Å²) in [4.78, 5) is 27.6. The average molecular weight is 874 g/mol. The summed E-state index contributed by atoms with van der Waals surface area (Å²) in [5.41, 5.74) is 5.59. The molecule has 6 aromatic rings. The van der Waals surface area contributed by atoms with Gasteiger partial charge in [0.1, 0.15) is 18.3 Å². The molecular weight excluding hydrogens is 819 g/mol. The Morgan fingerprint density at radius 1 is 0.508 bits per heavy atom. The summed E-state index contributed by atoms with van der Waals surface area (Å²) in [5.74, 6) is -1.11. The zero-order valence-electron chi connectivity index (χ0n) is 36.4. The highest BCUT2D eigenvalue weighted by Crippen LogP contribution is 2.33. The molecule has 10 heteroatoms. The molecule has 0 saturated carbocycles. The zero-order chi connectivity index (χ0) is 44.6. The molecule has 1 aliphatic carbocycles. The summed E-state index contributed by atoms with van der Waals surface area (Å²) in [6.07, 6.45) is -2.27. The van der Waals surface area contributed by atoms with Crippen LogP contribution >= 0.6 is 0 Å². The molecule has 0 bridgehead atoms. The Balaban J connectivity index is 1.18. The Bertz CT molecular complexity index is 2390. The van der Waals surface area contributed by atoms with Crippen LogP contribution in [-0.2, 0) is 59.6 Å². The SMILES string of the molecule is C[C@H]1OC[C@H](OC(=O)c2ccccc2)[C@@H](OC(=O)c2ccccc2)[C@@H]1N[C@@H]1C=C(COCc2ccccc2)[C@@H](OCc2ccccc2)[C@H](OCc2ccccc2)[C@H]1OCc1ccccc1. The van der Waals surface area contributed by atoms with E-state index in [0.717, 1.165) is 27.8 Å². The molecule has 0 amide bonds. The van der Waals surface area contributed by atoms with Crippen LogP contribution in [0.1, 0.15) is 49.9 Å². The fourth-order valence-corrected chi connectivity index (χ4v) is 8.21. The van der Waals surface area contributed by atoms with Crippen LogP contribution in [0.4, 0.5) is 0 Å². The van der Waals surface area contributed by atoms with Gasteiger partial charge in [0, 0.05) is 0 Å². The molecular formula is C55H55NO9. The number of carbonyl (C=O) groups excluding carboxylic acids is 2. The van der Waals surface area contributed by atoms with Crippen molar-refractivity contribution in [1.82, 2.24) is 5.32 Å². The molecule has 6 aromatic carbocycles. The molecule has 334 valence electrons. The Morgan fingerprint density at radius 3 is 1.45 bits per heavy atom. The second kappa shape index (κ2) is 23.1. The van der Waals surface area contributed by atoms with Gasteiger partial charge in [0.2, 0.25) is 0 Å². The lowest BCUT2D eigenvalue weighted by Gasteiger charge is -2.46. The third-order valence-corrected chi connectivity index (χ3v) is 11.6. The van der Waals surface area contributed by atoms with Gasteiger partial charge in [-0.25, -0.2) is 9.59 Å². The van der Waals surface area contributed by atoms with Gasteiger partial charge in [-0.1, -0.05) is 164 Å². The highest BCUT2D eigenvalue weighted by atomic mass is 16.6. The summed E-state index contributed by atoms with van der Waals surface area (Å²) >= 11 is 0. The third kappa shape index (κ3) is 12.5. The van der Waals surface area contributed by atoms with Crippen molar-refractivity contribution in [2.75, 3.05) is 13.2 Å². The molecule has 1 fully saturated rings. The maximum atomic E-state index is 14.0. The Morgan fingerprint density at radius 2 is 0.938 bits per heavy atom. The van der Waals surface area contributed by atoms with Gasteiger partial charge in [0.05, 0.1) is 69.0 Å². The van der Waals surface area contributed by atoms with Crippen molar-refractivity contribution in [2.24, 2.45) is 0 Å². The Labute approximate surface area is 381 Å². The van der Waals surface area contributed by atoms with Crippen molar-refractivity contribution >= 4 is 11.9 Å². The quantitative estimate of drug-likeness (QED) is 0.0626. The van der Waals surface area contributed by atoms with E-state index in [1.54, 1.807) is 48.5 Å². The van der Waals surface area contributed by atoms with Gasteiger partial charge in [-0.05, 0) is 59.0 Å². The van der Waals surface area contributed by atoms with E-state index in [4.69, 9.17) is 33.2 Å². The van der Waals surface area contributed by atoms with E-state index >= 15 is 0 Å². The lowest BCUT2D eigenvalue weighted by atomic mass is 9.85. The van der Waals surface area contributed by atoms with Gasteiger partial charge in [0.15, 0.2) is 12.2 Å². The van der Waals surface area contributed by atoms with Crippen molar-refractivity contribution in [2.45, 2.75) is 82.1 Å². The van der Waals surface area contributed by atoms with Crippen LogP contribution < -0.4 is 5.32 Å². The van der Waals surface area contributed by atoms with Crippen molar-refractivity contribution in [3.8, 4) is 0 Å². The van der Waals surface area contributed by atoms with Crippen molar-refractivity contribution in [3.05, 3.63) is 227 Å². The lowest BCUT2D eigenvalue weighted by molar-refractivity contribution is -0.167. The minimum Gasteiger partial charge on any atom is -0.453 e. The molecule has 1 aliphatic heterocycles. The monoisotopic (exact) mass is 873 g/mol. The number of benzene rings is 6. The molecule has 1 saturated heterocycles. The molecule has 1 N–H and O–H groups in total. The Kier molecular flexibility index (Phi) is 16.1. The molecule has 10 nitrogen and oxygen atoms in total. The predicted molar refractivity (Wildman–Crippen MR) is 247 cm³/mol. The van der Waals surface area contributed by atoms with Gasteiger partial charge >= 0.3 is 11.9 Å². The molecule has 1 heterocycles. The molecule has 65 heavy (non-hydrogen) atoms. The van der Waals surface area contributed by atoms with Crippen LogP contribution in [0.25, 0.3) is 0 Å². The van der Waals surface area contributed by atoms with E-state index in [-0.39, 0.29) is 26.4 Å². The molecule has 0 unspecified atom stereocenters. The maximum Gasteiger partial charge on any atom is 0.338 e. The van der Waals surface area contributed by atoms with Gasteiger partial charge in [-0.15, -0.1) is 0 Å². The van der Waals surface area contributed by atoms with Crippen LogP contribution in [0.3, 0.4) is 0 Å². The standard InChI is InChI=1S/C55H55NO9/c1-39-49(52(65-55(58)45-30-18-7-19-31-45)48(38-60-39)64-54(57)44-28-16-6-17-29-44)56-47-32-46(37-59-33-40-20-8-2-9-21-40)50(61-34-41-22-10-3-11-23-41)53(63-36-43-26-14-5-15-27-43)51(47)62-35-42-24-12-4-13-25-42/h2-32,39,47-53,56H,33-38H2,1H3/t39-,47-,48+,49-,50-,51+,52-,53+/m1/s1. The lowest BCUT2D eigenvalue weighted by Crippen LogP contribution is -2.66. The summed E-state index contributed by atoms with van der Waals surface area (Å²) in [6, 6.07) is 56.3. The summed E-state index contributed by atoms with van der Waals surface area (Å²) in [7, 11) is 0. The minimum atomic E-state index is -0.976. The summed E-state index contributed by atoms with van der Waals surface area (Å²) < 4.78 is 46.3. The summed E-state index contributed by atoms with van der Waals surface area (Å²) in [5, 5.41) is 3.82. The van der Waals surface area contributed by atoms with Crippen LogP contribution in [0.2, 0.25) is 0 Å². The van der Waals surface area contributed by atoms with Crippen molar-refractivity contribution in [3.63, 3.8) is 0 Å². The number of hydrogen-bond donors (Lipinski definition) is 1. The van der Waals surface area contributed by atoms with E-state index in [2.05, 4.69) is 11.4 Å². The number of rotatable bonds is 19. The second-order valence-electron chi connectivity index (χ2n) is 16.3. The number of esters is 2. The molecule has 0 aromatic heterocycles. The van der Waals surface area contributed by atoms with Crippen molar-refractivity contribution < 1.29 is 42.7 Å². The Hall–Kier alpha value is -6.24. The average Bonchev–Trinajstić information content (AvgIpc) is 3.36. The molecule has 8 rings (SSSR count). The first-order chi connectivity index (χ1) is 32.0. The second-order valence-corrected chi connectivity index (χ2v) is 16.3. The normalized spacial score (nSPS) is 22.9. The molecule has 2 aliphatic rings. The first-order valence-corrected chi connectivity index (χ1v) is 22.2. The topological polar surface area (TPSA) is 111 Å².